The van der Waals surface area contributed by atoms with Gasteiger partial charge in [0.1, 0.15) is 11.3 Å². The van der Waals surface area contributed by atoms with E-state index >= 15 is 0 Å². The topological polar surface area (TPSA) is 38.9 Å². The molecule has 6 heteroatoms. The third-order valence-electron chi connectivity index (χ3n) is 4.52. The Kier molecular flexibility index (Phi) is 4.22. The number of likely N-dealkylation sites (tertiary alicyclic amines) is 1. The molecule has 0 aliphatic carbocycles. The predicted molar refractivity (Wildman–Crippen MR) is 86.1 cm³/mol. The highest BCUT2D eigenvalue weighted by Gasteiger charge is 2.26. The first-order chi connectivity index (χ1) is 10.2. The summed E-state index contributed by atoms with van der Waals surface area (Å²) in [6.45, 7) is 4.42. The third-order valence-corrected chi connectivity index (χ3v) is 4.70. The second kappa shape index (κ2) is 5.97. The van der Waals surface area contributed by atoms with E-state index in [-0.39, 0.29) is 0 Å². The van der Waals surface area contributed by atoms with E-state index in [4.69, 9.17) is 16.6 Å². The molecular formula is C15H24ClN5. The molecule has 116 valence electrons. The van der Waals surface area contributed by atoms with Crippen LogP contribution in [0.1, 0.15) is 37.3 Å². The molecule has 5 nitrogen and oxygen atoms in total. The van der Waals surface area contributed by atoms with Gasteiger partial charge in [0.25, 0.3) is 0 Å². The smallest absolute Gasteiger partial charge is 0.158 e. The zero-order valence-corrected chi connectivity index (χ0v) is 13.9. The second-order valence-corrected chi connectivity index (χ2v) is 6.35. The third kappa shape index (κ3) is 2.57. The summed E-state index contributed by atoms with van der Waals surface area (Å²) >= 11 is 5.99. The molecule has 3 rings (SSSR count). The van der Waals surface area contributed by atoms with E-state index in [9.17, 15) is 0 Å². The Hall–Kier alpha value is -1.07. The summed E-state index contributed by atoms with van der Waals surface area (Å²) in [5, 5.41) is 4.63. The largest absolute Gasteiger partial charge is 0.310 e. The zero-order chi connectivity index (χ0) is 15.0. The number of aryl methyl sites for hydroxylation is 3. The molecule has 1 aliphatic heterocycles. The SMILES string of the molecule is CCc1nn(C)c2c1nc(CCCl)n2C1CCN(C)CC1. The number of fused-ring (bicyclic) bond motifs is 1. The summed E-state index contributed by atoms with van der Waals surface area (Å²) in [6.07, 6.45) is 4.08. The lowest BCUT2D eigenvalue weighted by Gasteiger charge is -2.31. The number of hydrogen-bond donors (Lipinski definition) is 0. The van der Waals surface area contributed by atoms with Gasteiger partial charge >= 0.3 is 0 Å². The van der Waals surface area contributed by atoms with Gasteiger partial charge in [-0.3, -0.25) is 4.68 Å². The number of halogens is 1. The molecule has 0 radical (unpaired) electrons. The van der Waals surface area contributed by atoms with Gasteiger partial charge < -0.3 is 9.47 Å². The van der Waals surface area contributed by atoms with Crippen molar-refractivity contribution in [1.29, 1.82) is 0 Å². The summed E-state index contributed by atoms with van der Waals surface area (Å²) in [5.41, 5.74) is 3.33. The van der Waals surface area contributed by atoms with Gasteiger partial charge in [-0.2, -0.15) is 5.10 Å². The van der Waals surface area contributed by atoms with Crippen LogP contribution in [0.5, 0.6) is 0 Å². The molecule has 1 aliphatic rings. The molecule has 0 N–H and O–H groups in total. The van der Waals surface area contributed by atoms with E-state index in [1.807, 2.05) is 11.7 Å². The fourth-order valence-electron chi connectivity index (χ4n) is 3.38. The number of alkyl halides is 1. The van der Waals surface area contributed by atoms with Crippen molar-refractivity contribution in [3.8, 4) is 0 Å². The first-order valence-electron chi connectivity index (χ1n) is 7.82. The first kappa shape index (κ1) is 14.9. The Balaban J connectivity index is 2.09. The van der Waals surface area contributed by atoms with E-state index in [1.54, 1.807) is 0 Å². The Morgan fingerprint density at radius 2 is 1.95 bits per heavy atom. The standard InChI is InChI=1S/C15H24ClN5/c1-4-12-14-15(20(3)18-12)21(13(17-14)5-8-16)11-6-9-19(2)10-7-11/h11H,4-10H2,1-3H3. The first-order valence-corrected chi connectivity index (χ1v) is 8.36. The number of rotatable bonds is 4. The average Bonchev–Trinajstić information content (AvgIpc) is 2.98. The van der Waals surface area contributed by atoms with Crippen LogP contribution in [0.2, 0.25) is 0 Å². The van der Waals surface area contributed by atoms with Crippen LogP contribution in [0.4, 0.5) is 0 Å². The maximum Gasteiger partial charge on any atom is 0.158 e. The number of hydrogen-bond acceptors (Lipinski definition) is 3. The minimum Gasteiger partial charge on any atom is -0.310 e. The van der Waals surface area contributed by atoms with Crippen molar-refractivity contribution in [3.63, 3.8) is 0 Å². The Morgan fingerprint density at radius 3 is 2.57 bits per heavy atom. The van der Waals surface area contributed by atoms with Crippen molar-refractivity contribution in [1.82, 2.24) is 24.2 Å². The van der Waals surface area contributed by atoms with E-state index < -0.39 is 0 Å². The maximum atomic E-state index is 5.99. The molecule has 0 amide bonds. The summed E-state index contributed by atoms with van der Waals surface area (Å²) in [5.74, 6) is 1.74. The van der Waals surface area contributed by atoms with Crippen molar-refractivity contribution in [2.24, 2.45) is 7.05 Å². The van der Waals surface area contributed by atoms with Crippen LogP contribution in [0, 0.1) is 0 Å². The lowest BCUT2D eigenvalue weighted by molar-refractivity contribution is 0.220. The molecule has 0 bridgehead atoms. The van der Waals surface area contributed by atoms with Gasteiger partial charge in [0.2, 0.25) is 0 Å². The molecule has 0 spiro atoms. The molecule has 1 fully saturated rings. The Morgan fingerprint density at radius 1 is 1.24 bits per heavy atom. The average molecular weight is 310 g/mol. The summed E-state index contributed by atoms with van der Waals surface area (Å²) in [6, 6.07) is 0.518. The predicted octanol–water partition coefficient (Wildman–Crippen LogP) is 2.38. The quantitative estimate of drug-likeness (QED) is 0.814. The maximum absolute atomic E-state index is 5.99. The molecule has 2 aromatic heterocycles. The highest BCUT2D eigenvalue weighted by molar-refractivity contribution is 6.17. The molecule has 0 saturated carbocycles. The van der Waals surface area contributed by atoms with Crippen LogP contribution in [0.15, 0.2) is 0 Å². The minimum atomic E-state index is 0.518. The van der Waals surface area contributed by atoms with Crippen molar-refractivity contribution < 1.29 is 0 Å². The summed E-state index contributed by atoms with van der Waals surface area (Å²) in [4.78, 5) is 7.27. The van der Waals surface area contributed by atoms with Crippen LogP contribution in [0.3, 0.4) is 0 Å². The van der Waals surface area contributed by atoms with Crippen molar-refractivity contribution >= 4 is 22.8 Å². The van der Waals surface area contributed by atoms with Gasteiger partial charge in [0.15, 0.2) is 5.65 Å². The lowest BCUT2D eigenvalue weighted by Crippen LogP contribution is -2.32. The van der Waals surface area contributed by atoms with Gasteiger partial charge in [-0.25, -0.2) is 4.98 Å². The van der Waals surface area contributed by atoms with Gasteiger partial charge in [-0.15, -0.1) is 11.6 Å². The molecule has 3 heterocycles. The molecule has 0 atom stereocenters. The molecular weight excluding hydrogens is 286 g/mol. The number of imidazole rings is 1. The van der Waals surface area contributed by atoms with Crippen LogP contribution in [0.25, 0.3) is 11.2 Å². The van der Waals surface area contributed by atoms with Crippen LogP contribution in [-0.4, -0.2) is 50.2 Å². The van der Waals surface area contributed by atoms with E-state index in [0.29, 0.717) is 11.9 Å². The normalized spacial score (nSPS) is 17.9. The second-order valence-electron chi connectivity index (χ2n) is 5.97. The van der Waals surface area contributed by atoms with E-state index in [1.165, 1.54) is 18.5 Å². The Bertz CT molecular complexity index is 622. The van der Waals surface area contributed by atoms with Crippen molar-refractivity contribution in [2.75, 3.05) is 26.0 Å². The van der Waals surface area contributed by atoms with E-state index in [0.717, 1.165) is 43.0 Å². The zero-order valence-electron chi connectivity index (χ0n) is 13.1. The lowest BCUT2D eigenvalue weighted by atomic mass is 10.1. The van der Waals surface area contributed by atoms with Crippen LogP contribution in [-0.2, 0) is 19.9 Å². The summed E-state index contributed by atoms with van der Waals surface area (Å²) in [7, 11) is 4.22. The van der Waals surface area contributed by atoms with Gasteiger partial charge in [0.05, 0.1) is 5.69 Å². The van der Waals surface area contributed by atoms with Crippen molar-refractivity contribution in [2.45, 2.75) is 38.6 Å². The monoisotopic (exact) mass is 309 g/mol. The molecule has 2 aromatic rings. The highest BCUT2D eigenvalue weighted by Crippen LogP contribution is 2.30. The fraction of sp³-hybridized carbons (Fsp3) is 0.733. The number of piperidine rings is 1. The molecule has 0 unspecified atom stereocenters. The van der Waals surface area contributed by atoms with Crippen LogP contribution >= 0.6 is 11.6 Å². The van der Waals surface area contributed by atoms with Crippen molar-refractivity contribution in [3.05, 3.63) is 11.5 Å². The van der Waals surface area contributed by atoms with Gasteiger partial charge in [0, 0.05) is 25.4 Å². The Labute approximate surface area is 130 Å². The molecule has 1 saturated heterocycles. The molecule has 21 heavy (non-hydrogen) atoms. The van der Waals surface area contributed by atoms with E-state index in [2.05, 4.69) is 28.5 Å². The minimum absolute atomic E-state index is 0.518. The van der Waals surface area contributed by atoms with Gasteiger partial charge in [-0.05, 0) is 39.4 Å². The summed E-state index contributed by atoms with van der Waals surface area (Å²) < 4.78 is 4.41. The number of nitrogens with zero attached hydrogens (tertiary/aromatic N) is 5. The highest BCUT2D eigenvalue weighted by atomic mass is 35.5. The molecule has 0 aromatic carbocycles. The fourth-order valence-corrected chi connectivity index (χ4v) is 3.55. The van der Waals surface area contributed by atoms with Crippen LogP contribution < -0.4 is 0 Å². The number of aromatic nitrogens is 4. The van der Waals surface area contributed by atoms with Gasteiger partial charge in [-0.1, -0.05) is 6.92 Å².